The van der Waals surface area contributed by atoms with E-state index in [9.17, 15) is 0 Å². The number of guanidine groups is 1. The smallest absolute Gasteiger partial charge is 0.205 e. The third-order valence-electron chi connectivity index (χ3n) is 2.17. The molecule has 19 heavy (non-hydrogen) atoms. The molecule has 1 aromatic heterocycles. The van der Waals surface area contributed by atoms with Gasteiger partial charge in [-0.15, -0.1) is 0 Å². The molecule has 0 saturated heterocycles. The van der Waals surface area contributed by atoms with Crippen LogP contribution in [0.5, 0.6) is 0 Å². The van der Waals surface area contributed by atoms with Crippen molar-refractivity contribution < 1.29 is 4.42 Å². The summed E-state index contributed by atoms with van der Waals surface area (Å²) in [6.45, 7) is 0. The second kappa shape index (κ2) is 6.05. The van der Waals surface area contributed by atoms with Crippen LogP contribution in [0.1, 0.15) is 5.89 Å². The molecule has 1 heterocycles. The highest BCUT2D eigenvalue weighted by molar-refractivity contribution is 8.13. The summed E-state index contributed by atoms with van der Waals surface area (Å²) < 4.78 is 5.59. The standard InChI is InChI=1S/C12H13N5OS/c13-11(14)17-12(15)19-7-10-16-6-9(18-10)8-4-2-1-3-5-8/h1-6H,7H2,(H5,13,14,15,17). The Morgan fingerprint density at radius 2 is 2.05 bits per heavy atom. The van der Waals surface area contributed by atoms with Gasteiger partial charge in [0.15, 0.2) is 16.9 Å². The van der Waals surface area contributed by atoms with Gasteiger partial charge in [0, 0.05) is 5.56 Å². The molecule has 1 aromatic carbocycles. The molecule has 2 rings (SSSR count). The van der Waals surface area contributed by atoms with Gasteiger partial charge in [-0.05, 0) is 0 Å². The highest BCUT2D eigenvalue weighted by Crippen LogP contribution is 2.22. The van der Waals surface area contributed by atoms with Gasteiger partial charge in [-0.25, -0.2) is 4.98 Å². The van der Waals surface area contributed by atoms with E-state index >= 15 is 0 Å². The maximum Gasteiger partial charge on any atom is 0.205 e. The first-order valence-electron chi connectivity index (χ1n) is 5.46. The molecule has 0 unspecified atom stereocenters. The van der Waals surface area contributed by atoms with Crippen molar-refractivity contribution in [1.82, 2.24) is 4.98 Å². The molecule has 0 radical (unpaired) electrons. The maximum absolute atomic E-state index is 7.49. The molecular weight excluding hydrogens is 262 g/mol. The van der Waals surface area contributed by atoms with Gasteiger partial charge >= 0.3 is 0 Å². The molecule has 0 atom stereocenters. The SMILES string of the molecule is N=C(N=C(N)N)SCc1ncc(-c2ccccc2)o1. The molecule has 2 aromatic rings. The number of nitrogens with zero attached hydrogens (tertiary/aromatic N) is 2. The number of hydrogen-bond donors (Lipinski definition) is 3. The van der Waals surface area contributed by atoms with Crippen LogP contribution in [-0.2, 0) is 5.75 Å². The van der Waals surface area contributed by atoms with E-state index < -0.39 is 0 Å². The van der Waals surface area contributed by atoms with Crippen LogP contribution < -0.4 is 11.5 Å². The van der Waals surface area contributed by atoms with Gasteiger partial charge in [0.1, 0.15) is 0 Å². The number of benzene rings is 1. The van der Waals surface area contributed by atoms with Crippen molar-refractivity contribution >= 4 is 22.9 Å². The Kier molecular flexibility index (Phi) is 4.19. The Balaban J connectivity index is 1.99. The highest BCUT2D eigenvalue weighted by Gasteiger charge is 2.07. The van der Waals surface area contributed by atoms with Crippen molar-refractivity contribution in [2.45, 2.75) is 5.75 Å². The van der Waals surface area contributed by atoms with Crippen molar-refractivity contribution in [3.05, 3.63) is 42.4 Å². The zero-order valence-electron chi connectivity index (χ0n) is 10.0. The van der Waals surface area contributed by atoms with Gasteiger partial charge in [-0.3, -0.25) is 5.41 Å². The molecule has 0 bridgehead atoms. The number of thioether (sulfide) groups is 1. The van der Waals surface area contributed by atoms with Crippen LogP contribution in [0.4, 0.5) is 0 Å². The van der Waals surface area contributed by atoms with Crippen molar-refractivity contribution in [3.8, 4) is 11.3 Å². The molecule has 0 spiro atoms. The van der Waals surface area contributed by atoms with Crippen molar-refractivity contribution in [1.29, 1.82) is 5.41 Å². The lowest BCUT2D eigenvalue weighted by molar-refractivity contribution is 0.530. The number of aliphatic imine (C=N–C) groups is 1. The van der Waals surface area contributed by atoms with Gasteiger partial charge in [0.05, 0.1) is 11.9 Å². The van der Waals surface area contributed by atoms with Gasteiger partial charge in [-0.2, -0.15) is 4.99 Å². The van der Waals surface area contributed by atoms with Crippen LogP contribution in [0.25, 0.3) is 11.3 Å². The van der Waals surface area contributed by atoms with Gasteiger partial charge in [0.25, 0.3) is 0 Å². The van der Waals surface area contributed by atoms with E-state index in [1.807, 2.05) is 30.3 Å². The van der Waals surface area contributed by atoms with Crippen molar-refractivity contribution in [2.75, 3.05) is 0 Å². The minimum absolute atomic E-state index is 0.0273. The fourth-order valence-electron chi connectivity index (χ4n) is 1.39. The summed E-state index contributed by atoms with van der Waals surface area (Å²) in [6.07, 6.45) is 1.66. The van der Waals surface area contributed by atoms with Crippen molar-refractivity contribution in [3.63, 3.8) is 0 Å². The third kappa shape index (κ3) is 3.85. The predicted octanol–water partition coefficient (Wildman–Crippen LogP) is 1.78. The molecule has 6 nitrogen and oxygen atoms in total. The Bertz CT molecular complexity index is 589. The quantitative estimate of drug-likeness (QED) is 0.583. The predicted molar refractivity (Wildman–Crippen MR) is 76.8 cm³/mol. The largest absolute Gasteiger partial charge is 0.440 e. The van der Waals surface area contributed by atoms with Gasteiger partial charge in [-0.1, -0.05) is 42.1 Å². The average molecular weight is 275 g/mol. The number of nitrogens with two attached hydrogens (primary N) is 2. The molecule has 7 heteroatoms. The lowest BCUT2D eigenvalue weighted by Crippen LogP contribution is -2.23. The fourth-order valence-corrected chi connectivity index (χ4v) is 1.96. The highest BCUT2D eigenvalue weighted by atomic mass is 32.2. The summed E-state index contributed by atoms with van der Waals surface area (Å²) in [4.78, 5) is 7.75. The lowest BCUT2D eigenvalue weighted by Gasteiger charge is -1.96. The lowest BCUT2D eigenvalue weighted by atomic mass is 10.2. The molecule has 0 fully saturated rings. The van der Waals surface area contributed by atoms with Crippen LogP contribution in [-0.4, -0.2) is 16.1 Å². The second-order valence-electron chi connectivity index (χ2n) is 3.61. The number of amidine groups is 1. The van der Waals surface area contributed by atoms with E-state index in [0.717, 1.165) is 17.3 Å². The van der Waals surface area contributed by atoms with Crippen LogP contribution in [0, 0.1) is 5.41 Å². The van der Waals surface area contributed by atoms with Crippen LogP contribution in [0.2, 0.25) is 0 Å². The van der Waals surface area contributed by atoms with E-state index in [2.05, 4.69) is 9.98 Å². The first-order chi connectivity index (χ1) is 9.15. The Morgan fingerprint density at radius 1 is 1.32 bits per heavy atom. The molecular formula is C12H13N5OS. The van der Waals surface area contributed by atoms with Crippen molar-refractivity contribution in [2.24, 2.45) is 16.5 Å². The summed E-state index contributed by atoms with van der Waals surface area (Å²) in [5, 5.41) is 7.51. The number of oxazole rings is 1. The minimum Gasteiger partial charge on any atom is -0.440 e. The summed E-state index contributed by atoms with van der Waals surface area (Å²) >= 11 is 1.15. The van der Waals surface area contributed by atoms with Gasteiger partial charge in [0.2, 0.25) is 5.89 Å². The van der Waals surface area contributed by atoms with Crippen LogP contribution >= 0.6 is 11.8 Å². The number of rotatable bonds is 3. The molecule has 0 aliphatic rings. The number of nitrogens with one attached hydrogen (secondary N) is 1. The second-order valence-corrected chi connectivity index (χ2v) is 4.58. The normalized spacial score (nSPS) is 10.1. The summed E-state index contributed by atoms with van der Waals surface area (Å²) in [5.74, 6) is 1.50. The van der Waals surface area contributed by atoms with E-state index in [1.165, 1.54) is 0 Å². The number of aromatic nitrogens is 1. The van der Waals surface area contributed by atoms with Crippen LogP contribution in [0.15, 0.2) is 45.9 Å². The fraction of sp³-hybridized carbons (Fsp3) is 0.0833. The average Bonchev–Trinajstić information content (AvgIpc) is 2.85. The van der Waals surface area contributed by atoms with E-state index in [1.54, 1.807) is 6.20 Å². The molecule has 0 aliphatic carbocycles. The zero-order valence-corrected chi connectivity index (χ0v) is 10.9. The monoisotopic (exact) mass is 275 g/mol. The van der Waals surface area contributed by atoms with E-state index in [-0.39, 0.29) is 11.1 Å². The van der Waals surface area contributed by atoms with E-state index in [4.69, 9.17) is 21.3 Å². The number of hydrogen-bond acceptors (Lipinski definition) is 4. The summed E-state index contributed by atoms with van der Waals surface area (Å²) in [6, 6.07) is 9.69. The molecule has 0 amide bonds. The Hall–Kier alpha value is -2.28. The van der Waals surface area contributed by atoms with Crippen LogP contribution in [0.3, 0.4) is 0 Å². The minimum atomic E-state index is -0.130. The summed E-state index contributed by atoms with van der Waals surface area (Å²) in [5.41, 5.74) is 11.3. The topological polar surface area (TPSA) is 114 Å². The van der Waals surface area contributed by atoms with Gasteiger partial charge < -0.3 is 15.9 Å². The van der Waals surface area contributed by atoms with E-state index in [0.29, 0.717) is 17.4 Å². The third-order valence-corrected chi connectivity index (χ3v) is 2.93. The molecule has 0 saturated carbocycles. The molecule has 5 N–H and O–H groups in total. The summed E-state index contributed by atoms with van der Waals surface area (Å²) in [7, 11) is 0. The Labute approximate surface area is 114 Å². The first kappa shape index (κ1) is 13.2. The first-order valence-corrected chi connectivity index (χ1v) is 6.45. The zero-order chi connectivity index (χ0) is 13.7. The molecule has 98 valence electrons. The maximum atomic E-state index is 7.49. The molecule has 0 aliphatic heterocycles. The Morgan fingerprint density at radius 3 is 2.74 bits per heavy atom.